The number of nitriles is 1. The zero-order chi connectivity index (χ0) is 19.6. The number of rotatable bonds is 2. The molecular formula is C20H17N5O3. The maximum atomic E-state index is 13.3. The van der Waals surface area contributed by atoms with Crippen molar-refractivity contribution in [2.45, 2.75) is 37.9 Å². The topological polar surface area (TPSA) is 97.6 Å². The second-order valence-corrected chi connectivity index (χ2v) is 7.31. The van der Waals surface area contributed by atoms with Gasteiger partial charge in [0.15, 0.2) is 0 Å². The number of carbonyl (C=O) groups excluding carboxylic acids is 3. The van der Waals surface area contributed by atoms with Crippen LogP contribution in [-0.4, -0.2) is 57.3 Å². The number of imide groups is 1. The number of carbonyl (C=O) groups is 3. The Hall–Kier alpha value is -3.47. The fourth-order valence-electron chi connectivity index (χ4n) is 4.81. The van der Waals surface area contributed by atoms with E-state index in [-0.39, 0.29) is 29.9 Å². The Balaban J connectivity index is 1.59. The van der Waals surface area contributed by atoms with E-state index in [4.69, 9.17) is 0 Å². The van der Waals surface area contributed by atoms with Crippen LogP contribution >= 0.6 is 0 Å². The maximum absolute atomic E-state index is 13.3. The number of anilines is 1. The third-order valence-corrected chi connectivity index (χ3v) is 6.00. The number of hydrogen-bond donors (Lipinski definition) is 0. The number of likely N-dealkylation sites (tertiary alicyclic amines) is 1. The standard InChI is InChI=1S/C20H17N5O3/c1-2-16(26)23-10-12-8-15(23)18-19(27)25(20(28)24(12)18)14-6-5-11(9-21)17-13(14)4-3-7-22-17/h3-7,12,15,18H,2,8,10H2,1H3/t12-,15+,18+/m0/s1. The van der Waals surface area contributed by atoms with Crippen molar-refractivity contribution in [3.63, 3.8) is 0 Å². The molecule has 8 heteroatoms. The third kappa shape index (κ3) is 1.99. The molecule has 4 amide bonds. The predicted octanol–water partition coefficient (Wildman–Crippen LogP) is 1.64. The van der Waals surface area contributed by atoms with Crippen molar-refractivity contribution in [2.24, 2.45) is 0 Å². The molecule has 5 rings (SSSR count). The van der Waals surface area contributed by atoms with Gasteiger partial charge in [-0.3, -0.25) is 14.6 Å². The largest absolute Gasteiger partial charge is 0.335 e. The summed E-state index contributed by atoms with van der Waals surface area (Å²) in [6.07, 6.45) is 2.61. The van der Waals surface area contributed by atoms with Crippen LogP contribution in [0.3, 0.4) is 0 Å². The fourth-order valence-corrected chi connectivity index (χ4v) is 4.81. The molecule has 3 atom stereocenters. The molecule has 0 unspecified atom stereocenters. The predicted molar refractivity (Wildman–Crippen MR) is 99.2 cm³/mol. The molecule has 0 spiro atoms. The number of pyridine rings is 1. The average molecular weight is 375 g/mol. The molecule has 0 N–H and O–H groups in total. The lowest BCUT2D eigenvalue weighted by molar-refractivity contribution is -0.135. The quantitative estimate of drug-likeness (QED) is 0.743. The second-order valence-electron chi connectivity index (χ2n) is 7.31. The summed E-state index contributed by atoms with van der Waals surface area (Å²) in [5.74, 6) is -0.306. The molecule has 1 aromatic carbocycles. The van der Waals surface area contributed by atoms with Gasteiger partial charge in [0.1, 0.15) is 12.1 Å². The summed E-state index contributed by atoms with van der Waals surface area (Å²) >= 11 is 0. The minimum atomic E-state index is -0.635. The molecular weight excluding hydrogens is 358 g/mol. The molecule has 8 nitrogen and oxygen atoms in total. The summed E-state index contributed by atoms with van der Waals surface area (Å²) in [7, 11) is 0. The summed E-state index contributed by atoms with van der Waals surface area (Å²) in [5, 5.41) is 9.91. The van der Waals surface area contributed by atoms with E-state index in [1.54, 1.807) is 47.2 Å². The Morgan fingerprint density at radius 1 is 1.32 bits per heavy atom. The van der Waals surface area contributed by atoms with E-state index in [1.807, 2.05) is 0 Å². The van der Waals surface area contributed by atoms with Gasteiger partial charge in [-0.15, -0.1) is 0 Å². The highest BCUT2D eigenvalue weighted by Gasteiger charge is 2.62. The van der Waals surface area contributed by atoms with Crippen LogP contribution in [0.4, 0.5) is 10.5 Å². The minimum absolute atomic E-state index is 0.0128. The molecule has 140 valence electrons. The van der Waals surface area contributed by atoms with E-state index in [1.165, 1.54) is 4.90 Å². The zero-order valence-electron chi connectivity index (χ0n) is 15.2. The number of aromatic nitrogens is 1. The molecule has 3 saturated heterocycles. The molecule has 1 aromatic heterocycles. The van der Waals surface area contributed by atoms with Gasteiger partial charge in [0.2, 0.25) is 5.91 Å². The molecule has 4 heterocycles. The lowest BCUT2D eigenvalue weighted by atomic mass is 10.1. The Morgan fingerprint density at radius 3 is 2.89 bits per heavy atom. The second kappa shape index (κ2) is 5.76. The maximum Gasteiger partial charge on any atom is 0.332 e. The Labute approximate surface area is 160 Å². The molecule has 3 aliphatic heterocycles. The van der Waals surface area contributed by atoms with Gasteiger partial charge < -0.3 is 9.80 Å². The average Bonchev–Trinajstić information content (AvgIpc) is 3.38. The number of fused-ring (bicyclic) bond motifs is 6. The summed E-state index contributed by atoms with van der Waals surface area (Å²) in [5.41, 5.74) is 1.28. The highest BCUT2D eigenvalue weighted by Crippen LogP contribution is 2.43. The monoisotopic (exact) mass is 375 g/mol. The van der Waals surface area contributed by atoms with Gasteiger partial charge in [-0.25, -0.2) is 9.69 Å². The molecule has 0 aliphatic carbocycles. The summed E-state index contributed by atoms with van der Waals surface area (Å²) in [6.45, 7) is 2.28. The highest BCUT2D eigenvalue weighted by atomic mass is 16.2. The van der Waals surface area contributed by atoms with Crippen LogP contribution in [-0.2, 0) is 9.59 Å². The first-order valence-corrected chi connectivity index (χ1v) is 9.30. The minimum Gasteiger partial charge on any atom is -0.335 e. The molecule has 28 heavy (non-hydrogen) atoms. The van der Waals surface area contributed by atoms with E-state index < -0.39 is 6.04 Å². The van der Waals surface area contributed by atoms with Crippen molar-refractivity contribution in [1.29, 1.82) is 5.26 Å². The number of hydrogen-bond acceptors (Lipinski definition) is 5. The van der Waals surface area contributed by atoms with E-state index in [0.29, 0.717) is 41.5 Å². The van der Waals surface area contributed by atoms with Gasteiger partial charge in [0, 0.05) is 24.5 Å². The van der Waals surface area contributed by atoms with Crippen molar-refractivity contribution >= 4 is 34.4 Å². The number of benzene rings is 1. The van der Waals surface area contributed by atoms with Crippen LogP contribution in [0.2, 0.25) is 0 Å². The van der Waals surface area contributed by atoms with Crippen molar-refractivity contribution < 1.29 is 14.4 Å². The Kier molecular flexibility index (Phi) is 3.43. The summed E-state index contributed by atoms with van der Waals surface area (Å²) in [6, 6.07) is 7.37. The van der Waals surface area contributed by atoms with Crippen LogP contribution < -0.4 is 4.90 Å². The van der Waals surface area contributed by atoms with E-state index in [2.05, 4.69) is 11.1 Å². The molecule has 3 aliphatic rings. The first-order valence-electron chi connectivity index (χ1n) is 9.30. The number of nitrogens with zero attached hydrogens (tertiary/aromatic N) is 5. The normalized spacial score (nSPS) is 25.6. The van der Waals surface area contributed by atoms with E-state index >= 15 is 0 Å². The summed E-state index contributed by atoms with van der Waals surface area (Å²) in [4.78, 5) is 47.5. The SMILES string of the molecule is CCC(=O)N1C[C@@H]2C[C@@H]1[C@@H]1C(=O)N(c3ccc(C#N)c4ncccc34)C(=O)N21. The lowest BCUT2D eigenvalue weighted by Gasteiger charge is -2.34. The van der Waals surface area contributed by atoms with Gasteiger partial charge in [-0.1, -0.05) is 6.92 Å². The van der Waals surface area contributed by atoms with E-state index in [0.717, 1.165) is 0 Å². The van der Waals surface area contributed by atoms with Gasteiger partial charge in [-0.05, 0) is 30.7 Å². The Morgan fingerprint density at radius 2 is 2.14 bits per heavy atom. The number of urea groups is 1. The molecule has 3 fully saturated rings. The number of amides is 4. The van der Waals surface area contributed by atoms with Gasteiger partial charge in [0.25, 0.3) is 5.91 Å². The van der Waals surface area contributed by atoms with Crippen molar-refractivity contribution in [1.82, 2.24) is 14.8 Å². The first kappa shape index (κ1) is 16.7. The highest BCUT2D eigenvalue weighted by molar-refractivity contribution is 6.25. The fraction of sp³-hybridized carbons (Fsp3) is 0.350. The number of piperazine rings is 1. The van der Waals surface area contributed by atoms with Gasteiger partial charge in [-0.2, -0.15) is 5.26 Å². The first-order chi connectivity index (χ1) is 13.6. The van der Waals surface area contributed by atoms with Crippen molar-refractivity contribution in [3.05, 3.63) is 36.0 Å². The van der Waals surface area contributed by atoms with Gasteiger partial charge >= 0.3 is 6.03 Å². The Bertz CT molecular complexity index is 1090. The third-order valence-electron chi connectivity index (χ3n) is 6.00. The zero-order valence-corrected chi connectivity index (χ0v) is 15.2. The van der Waals surface area contributed by atoms with Gasteiger partial charge in [0.05, 0.1) is 28.9 Å². The van der Waals surface area contributed by atoms with E-state index in [9.17, 15) is 19.6 Å². The summed E-state index contributed by atoms with van der Waals surface area (Å²) < 4.78 is 0. The van der Waals surface area contributed by atoms with Crippen LogP contribution in [0.15, 0.2) is 30.5 Å². The van der Waals surface area contributed by atoms with Crippen LogP contribution in [0.5, 0.6) is 0 Å². The lowest BCUT2D eigenvalue weighted by Crippen LogP contribution is -2.54. The van der Waals surface area contributed by atoms with Crippen LogP contribution in [0.25, 0.3) is 10.9 Å². The molecule has 0 radical (unpaired) electrons. The van der Waals surface area contributed by atoms with Crippen molar-refractivity contribution in [3.8, 4) is 6.07 Å². The van der Waals surface area contributed by atoms with Crippen LogP contribution in [0.1, 0.15) is 25.3 Å². The molecule has 2 bridgehead atoms. The smallest absolute Gasteiger partial charge is 0.332 e. The van der Waals surface area contributed by atoms with Crippen LogP contribution in [0, 0.1) is 11.3 Å². The molecule has 2 aromatic rings. The van der Waals surface area contributed by atoms with Crippen molar-refractivity contribution in [2.75, 3.05) is 11.4 Å². The molecule has 0 saturated carbocycles.